The minimum absolute atomic E-state index is 0.248. The average molecular weight is 410 g/mol. The highest BCUT2D eigenvalue weighted by molar-refractivity contribution is 5.90. The SMILES string of the molecule is CCOC(=O)c1nn(CCC2CCC(Oc3ncccc3C)CC2)c2c1[C@@H]1C[C@@H]1C2. The third-order valence-corrected chi connectivity index (χ3v) is 7.10. The van der Waals surface area contributed by atoms with E-state index in [1.165, 1.54) is 30.5 Å². The zero-order valence-corrected chi connectivity index (χ0v) is 18.0. The topological polar surface area (TPSA) is 66.2 Å². The summed E-state index contributed by atoms with van der Waals surface area (Å²) in [6.45, 7) is 5.20. The van der Waals surface area contributed by atoms with Gasteiger partial charge in [-0.1, -0.05) is 6.07 Å². The smallest absolute Gasteiger partial charge is 0.359 e. The summed E-state index contributed by atoms with van der Waals surface area (Å²) in [4.78, 5) is 16.7. The number of nitrogens with zero attached hydrogens (tertiary/aromatic N) is 3. The Kier molecular flexibility index (Phi) is 5.25. The molecule has 0 aromatic carbocycles. The summed E-state index contributed by atoms with van der Waals surface area (Å²) in [6, 6.07) is 3.99. The monoisotopic (exact) mass is 409 g/mol. The van der Waals surface area contributed by atoms with Crippen molar-refractivity contribution in [3.63, 3.8) is 0 Å². The molecule has 160 valence electrons. The van der Waals surface area contributed by atoms with Crippen molar-refractivity contribution in [2.24, 2.45) is 11.8 Å². The molecule has 0 bridgehead atoms. The van der Waals surface area contributed by atoms with Gasteiger partial charge >= 0.3 is 5.97 Å². The van der Waals surface area contributed by atoms with E-state index < -0.39 is 0 Å². The Morgan fingerprint density at radius 1 is 1.27 bits per heavy atom. The van der Waals surface area contributed by atoms with Crippen LogP contribution in [0, 0.1) is 18.8 Å². The number of aromatic nitrogens is 3. The van der Waals surface area contributed by atoms with Gasteiger partial charge in [0.05, 0.1) is 6.61 Å². The molecule has 6 nitrogen and oxygen atoms in total. The molecule has 0 unspecified atom stereocenters. The van der Waals surface area contributed by atoms with Crippen LogP contribution in [0.15, 0.2) is 18.3 Å². The number of hydrogen-bond donors (Lipinski definition) is 0. The Hall–Kier alpha value is -2.37. The molecule has 3 aliphatic rings. The standard InChI is InChI=1S/C24H31N3O3/c1-3-29-24(28)22-21-19-13-17(19)14-20(21)27(26-22)12-10-16-6-8-18(9-7-16)30-23-15(2)5-4-11-25-23/h4-5,11,16-19H,3,6-10,12-14H2,1-2H3/t16?,17-,18?,19-/m1/s1. The van der Waals surface area contributed by atoms with E-state index in [2.05, 4.69) is 9.67 Å². The van der Waals surface area contributed by atoms with Crippen LogP contribution < -0.4 is 4.74 Å². The van der Waals surface area contributed by atoms with Crippen molar-refractivity contribution in [3.05, 3.63) is 40.8 Å². The molecule has 0 spiro atoms. The number of hydrogen-bond acceptors (Lipinski definition) is 5. The molecular weight excluding hydrogens is 378 g/mol. The highest BCUT2D eigenvalue weighted by atomic mass is 16.5. The van der Waals surface area contributed by atoms with E-state index in [1.54, 1.807) is 6.20 Å². The van der Waals surface area contributed by atoms with Crippen LogP contribution in [0.25, 0.3) is 0 Å². The van der Waals surface area contributed by atoms with Gasteiger partial charge in [-0.15, -0.1) is 0 Å². The molecule has 30 heavy (non-hydrogen) atoms. The van der Waals surface area contributed by atoms with Crippen LogP contribution in [0.5, 0.6) is 5.88 Å². The number of carbonyl (C=O) groups excluding carboxylic acids is 1. The molecule has 6 heteroatoms. The average Bonchev–Trinajstić information content (AvgIpc) is 3.26. The zero-order chi connectivity index (χ0) is 20.7. The zero-order valence-electron chi connectivity index (χ0n) is 18.0. The largest absolute Gasteiger partial charge is 0.474 e. The van der Waals surface area contributed by atoms with Crippen molar-refractivity contribution in [3.8, 4) is 5.88 Å². The van der Waals surface area contributed by atoms with Crippen molar-refractivity contribution >= 4 is 5.97 Å². The number of fused-ring (bicyclic) bond motifs is 3. The lowest BCUT2D eigenvalue weighted by molar-refractivity contribution is 0.0517. The van der Waals surface area contributed by atoms with E-state index in [1.807, 2.05) is 26.0 Å². The molecule has 2 saturated carbocycles. The van der Waals surface area contributed by atoms with E-state index in [-0.39, 0.29) is 12.1 Å². The van der Waals surface area contributed by atoms with Gasteiger partial charge in [0.15, 0.2) is 5.69 Å². The normalized spacial score (nSPS) is 26.7. The summed E-state index contributed by atoms with van der Waals surface area (Å²) < 4.78 is 13.5. The maximum absolute atomic E-state index is 12.4. The number of aryl methyl sites for hydroxylation is 2. The summed E-state index contributed by atoms with van der Waals surface area (Å²) in [6.07, 6.45) is 9.98. The predicted molar refractivity (Wildman–Crippen MR) is 113 cm³/mol. The molecule has 0 amide bonds. The second-order valence-electron chi connectivity index (χ2n) is 9.13. The maximum atomic E-state index is 12.4. The van der Waals surface area contributed by atoms with Crippen LogP contribution >= 0.6 is 0 Å². The van der Waals surface area contributed by atoms with Gasteiger partial charge in [0.2, 0.25) is 5.88 Å². The van der Waals surface area contributed by atoms with E-state index in [0.29, 0.717) is 24.1 Å². The van der Waals surface area contributed by atoms with Gasteiger partial charge in [0.25, 0.3) is 0 Å². The summed E-state index contributed by atoms with van der Waals surface area (Å²) >= 11 is 0. The Morgan fingerprint density at radius 2 is 2.10 bits per heavy atom. The molecule has 0 saturated heterocycles. The predicted octanol–water partition coefficient (Wildman–Crippen LogP) is 4.45. The fraction of sp³-hybridized carbons (Fsp3) is 0.625. The van der Waals surface area contributed by atoms with Gasteiger partial charge in [0.1, 0.15) is 6.10 Å². The van der Waals surface area contributed by atoms with Gasteiger partial charge < -0.3 is 9.47 Å². The van der Waals surface area contributed by atoms with Gasteiger partial charge in [-0.25, -0.2) is 9.78 Å². The lowest BCUT2D eigenvalue weighted by Gasteiger charge is -2.29. The quantitative estimate of drug-likeness (QED) is 0.632. The molecule has 2 aromatic heterocycles. The molecule has 2 aromatic rings. The number of rotatable bonds is 7. The van der Waals surface area contributed by atoms with E-state index in [4.69, 9.17) is 14.6 Å². The van der Waals surface area contributed by atoms with E-state index in [0.717, 1.165) is 49.6 Å². The van der Waals surface area contributed by atoms with E-state index >= 15 is 0 Å². The third kappa shape index (κ3) is 3.72. The first-order valence-electron chi connectivity index (χ1n) is 11.5. The third-order valence-electron chi connectivity index (χ3n) is 7.10. The van der Waals surface area contributed by atoms with Crippen LogP contribution in [0.3, 0.4) is 0 Å². The van der Waals surface area contributed by atoms with Crippen LogP contribution in [0.1, 0.15) is 78.7 Å². The van der Waals surface area contributed by atoms with Crippen molar-refractivity contribution in [2.45, 2.75) is 77.4 Å². The Bertz CT molecular complexity index is 930. The van der Waals surface area contributed by atoms with Gasteiger partial charge in [-0.05, 0) is 82.6 Å². The second-order valence-corrected chi connectivity index (χ2v) is 9.13. The van der Waals surface area contributed by atoms with Crippen LogP contribution in [0.4, 0.5) is 0 Å². The van der Waals surface area contributed by atoms with Gasteiger partial charge in [-0.3, -0.25) is 4.68 Å². The molecule has 2 fully saturated rings. The fourth-order valence-corrected chi connectivity index (χ4v) is 5.32. The maximum Gasteiger partial charge on any atom is 0.359 e. The summed E-state index contributed by atoms with van der Waals surface area (Å²) in [5.74, 6) is 2.51. The highest BCUT2D eigenvalue weighted by Crippen LogP contribution is 2.57. The highest BCUT2D eigenvalue weighted by Gasteiger charge is 2.50. The van der Waals surface area contributed by atoms with E-state index in [9.17, 15) is 4.79 Å². The first-order valence-corrected chi connectivity index (χ1v) is 11.5. The number of carbonyl (C=O) groups is 1. The number of ether oxygens (including phenoxy) is 2. The minimum Gasteiger partial charge on any atom is -0.474 e. The molecular formula is C24H31N3O3. The van der Waals surface area contributed by atoms with Crippen LogP contribution in [0.2, 0.25) is 0 Å². The molecule has 0 aliphatic heterocycles. The van der Waals surface area contributed by atoms with Crippen molar-refractivity contribution in [2.75, 3.05) is 6.61 Å². The van der Waals surface area contributed by atoms with Gasteiger partial charge in [-0.2, -0.15) is 5.10 Å². The summed E-state index contributed by atoms with van der Waals surface area (Å²) in [5.41, 5.74) is 4.17. The Balaban J connectivity index is 1.17. The Labute approximate surface area is 178 Å². The lowest BCUT2D eigenvalue weighted by Crippen LogP contribution is -2.25. The number of esters is 1. The molecule has 0 radical (unpaired) electrons. The first-order chi connectivity index (χ1) is 14.6. The first kappa shape index (κ1) is 19.6. The molecule has 2 heterocycles. The summed E-state index contributed by atoms with van der Waals surface area (Å²) in [5, 5.41) is 4.70. The molecule has 3 aliphatic carbocycles. The fourth-order valence-electron chi connectivity index (χ4n) is 5.32. The molecule has 2 atom stereocenters. The van der Waals surface area contributed by atoms with Crippen LogP contribution in [-0.4, -0.2) is 33.4 Å². The van der Waals surface area contributed by atoms with Crippen molar-refractivity contribution in [1.29, 1.82) is 0 Å². The molecule has 5 rings (SSSR count). The second kappa shape index (κ2) is 8.05. The number of pyridine rings is 1. The molecule has 0 N–H and O–H groups in total. The van der Waals surface area contributed by atoms with Crippen molar-refractivity contribution in [1.82, 2.24) is 14.8 Å². The lowest BCUT2D eigenvalue weighted by atomic mass is 9.85. The minimum atomic E-state index is -0.248. The Morgan fingerprint density at radius 3 is 2.87 bits per heavy atom. The van der Waals surface area contributed by atoms with Crippen LogP contribution in [-0.2, 0) is 17.7 Å². The van der Waals surface area contributed by atoms with Gasteiger partial charge in [0, 0.05) is 29.6 Å². The van der Waals surface area contributed by atoms with Crippen molar-refractivity contribution < 1.29 is 14.3 Å². The summed E-state index contributed by atoms with van der Waals surface area (Å²) in [7, 11) is 0.